The second kappa shape index (κ2) is 4.61. The first kappa shape index (κ1) is 10.5. The van der Waals surface area contributed by atoms with E-state index < -0.39 is 0 Å². The Morgan fingerprint density at radius 1 is 1.54 bits per heavy atom. The van der Waals surface area contributed by atoms with Crippen molar-refractivity contribution in [3.05, 3.63) is 0 Å². The molecule has 76 valence electrons. The van der Waals surface area contributed by atoms with E-state index in [4.69, 9.17) is 5.11 Å². The summed E-state index contributed by atoms with van der Waals surface area (Å²) in [5.41, 5.74) is 0. The molecule has 1 amide bonds. The van der Waals surface area contributed by atoms with Crippen molar-refractivity contribution in [2.24, 2.45) is 17.8 Å². The SMILES string of the molecule is CC(CO)CNC(=O)C(C)C1CC1. The van der Waals surface area contributed by atoms with Crippen molar-refractivity contribution >= 4 is 5.91 Å². The maximum atomic E-state index is 11.5. The molecule has 0 aromatic carbocycles. The zero-order chi connectivity index (χ0) is 9.84. The lowest BCUT2D eigenvalue weighted by Gasteiger charge is -2.13. The van der Waals surface area contributed by atoms with Gasteiger partial charge in [0.2, 0.25) is 5.91 Å². The quantitative estimate of drug-likeness (QED) is 0.665. The third-order valence-corrected chi connectivity index (χ3v) is 2.68. The highest BCUT2D eigenvalue weighted by Crippen LogP contribution is 2.36. The van der Waals surface area contributed by atoms with E-state index >= 15 is 0 Å². The molecule has 2 N–H and O–H groups in total. The number of carbonyl (C=O) groups is 1. The van der Waals surface area contributed by atoms with Crippen molar-refractivity contribution in [2.45, 2.75) is 26.7 Å². The molecular formula is C10H19NO2. The van der Waals surface area contributed by atoms with E-state index in [0.29, 0.717) is 12.5 Å². The van der Waals surface area contributed by atoms with Crippen LogP contribution in [0.5, 0.6) is 0 Å². The van der Waals surface area contributed by atoms with Crippen molar-refractivity contribution in [1.29, 1.82) is 0 Å². The molecule has 0 aliphatic heterocycles. The maximum absolute atomic E-state index is 11.5. The van der Waals surface area contributed by atoms with Gasteiger partial charge in [0, 0.05) is 19.1 Å². The summed E-state index contributed by atoms with van der Waals surface area (Å²) in [6, 6.07) is 0. The first-order valence-corrected chi connectivity index (χ1v) is 5.03. The highest BCUT2D eigenvalue weighted by Gasteiger charge is 2.32. The Balaban J connectivity index is 2.16. The zero-order valence-corrected chi connectivity index (χ0v) is 8.42. The Morgan fingerprint density at radius 3 is 2.62 bits per heavy atom. The van der Waals surface area contributed by atoms with Crippen LogP contribution in [0.25, 0.3) is 0 Å². The summed E-state index contributed by atoms with van der Waals surface area (Å²) in [5, 5.41) is 11.6. The summed E-state index contributed by atoms with van der Waals surface area (Å²) in [7, 11) is 0. The molecule has 1 fully saturated rings. The van der Waals surface area contributed by atoms with Crippen molar-refractivity contribution in [1.82, 2.24) is 5.32 Å². The van der Waals surface area contributed by atoms with Gasteiger partial charge in [0.25, 0.3) is 0 Å². The first-order valence-electron chi connectivity index (χ1n) is 5.03. The fourth-order valence-corrected chi connectivity index (χ4v) is 1.31. The molecule has 0 bridgehead atoms. The number of hydrogen-bond donors (Lipinski definition) is 2. The molecule has 3 heteroatoms. The van der Waals surface area contributed by atoms with Gasteiger partial charge in [-0.3, -0.25) is 4.79 Å². The van der Waals surface area contributed by atoms with E-state index in [1.807, 2.05) is 13.8 Å². The van der Waals surface area contributed by atoms with Crippen LogP contribution in [-0.2, 0) is 4.79 Å². The van der Waals surface area contributed by atoms with Gasteiger partial charge in [-0.05, 0) is 24.7 Å². The molecule has 0 aromatic rings. The Hall–Kier alpha value is -0.570. The molecule has 2 unspecified atom stereocenters. The summed E-state index contributed by atoms with van der Waals surface area (Å²) >= 11 is 0. The summed E-state index contributed by atoms with van der Waals surface area (Å²) < 4.78 is 0. The van der Waals surface area contributed by atoms with Crippen LogP contribution in [0, 0.1) is 17.8 Å². The second-order valence-corrected chi connectivity index (χ2v) is 4.16. The fourth-order valence-electron chi connectivity index (χ4n) is 1.31. The lowest BCUT2D eigenvalue weighted by molar-refractivity contribution is -0.125. The Bertz CT molecular complexity index is 178. The van der Waals surface area contributed by atoms with Crippen LogP contribution >= 0.6 is 0 Å². The number of amides is 1. The van der Waals surface area contributed by atoms with E-state index in [-0.39, 0.29) is 24.3 Å². The molecule has 0 saturated heterocycles. The Kier molecular flexibility index (Phi) is 3.72. The standard InChI is InChI=1S/C10H19NO2/c1-7(6-12)5-11-10(13)8(2)9-3-4-9/h7-9,12H,3-6H2,1-2H3,(H,11,13). The van der Waals surface area contributed by atoms with E-state index in [9.17, 15) is 4.79 Å². The number of nitrogens with one attached hydrogen (secondary N) is 1. The average Bonchev–Trinajstić information content (AvgIpc) is 2.95. The van der Waals surface area contributed by atoms with Crippen molar-refractivity contribution in [3.8, 4) is 0 Å². The van der Waals surface area contributed by atoms with Gasteiger partial charge in [0.05, 0.1) is 0 Å². The molecular weight excluding hydrogens is 166 g/mol. The number of hydrogen-bond acceptors (Lipinski definition) is 2. The van der Waals surface area contributed by atoms with Crippen LogP contribution in [-0.4, -0.2) is 24.2 Å². The Labute approximate surface area is 79.5 Å². The van der Waals surface area contributed by atoms with Crippen molar-refractivity contribution in [2.75, 3.05) is 13.2 Å². The predicted molar refractivity (Wildman–Crippen MR) is 51.1 cm³/mol. The van der Waals surface area contributed by atoms with Gasteiger partial charge in [-0.25, -0.2) is 0 Å². The zero-order valence-electron chi connectivity index (χ0n) is 8.42. The smallest absolute Gasteiger partial charge is 0.223 e. The fraction of sp³-hybridized carbons (Fsp3) is 0.900. The van der Waals surface area contributed by atoms with E-state index in [2.05, 4.69) is 5.32 Å². The molecule has 1 aliphatic carbocycles. The monoisotopic (exact) mass is 185 g/mol. The summed E-state index contributed by atoms with van der Waals surface area (Å²) in [4.78, 5) is 11.5. The molecule has 0 aromatic heterocycles. The van der Waals surface area contributed by atoms with Crippen molar-refractivity contribution in [3.63, 3.8) is 0 Å². The molecule has 1 aliphatic rings. The number of carbonyl (C=O) groups excluding carboxylic acids is 1. The maximum Gasteiger partial charge on any atom is 0.223 e. The minimum absolute atomic E-state index is 0.137. The van der Waals surface area contributed by atoms with Gasteiger partial charge in [0.15, 0.2) is 0 Å². The lowest BCUT2D eigenvalue weighted by atomic mass is 10.1. The second-order valence-electron chi connectivity index (χ2n) is 4.16. The molecule has 1 rings (SSSR count). The molecule has 0 spiro atoms. The topological polar surface area (TPSA) is 49.3 Å². The minimum Gasteiger partial charge on any atom is -0.396 e. The number of rotatable bonds is 5. The highest BCUT2D eigenvalue weighted by molar-refractivity contribution is 5.78. The third-order valence-electron chi connectivity index (χ3n) is 2.68. The summed E-state index contributed by atoms with van der Waals surface area (Å²) in [6.45, 7) is 4.63. The molecule has 13 heavy (non-hydrogen) atoms. The molecule has 0 radical (unpaired) electrons. The third kappa shape index (κ3) is 3.35. The van der Waals surface area contributed by atoms with E-state index in [1.165, 1.54) is 12.8 Å². The predicted octanol–water partition coefficient (Wildman–Crippen LogP) is 0.777. The number of aliphatic hydroxyl groups is 1. The molecule has 0 heterocycles. The van der Waals surface area contributed by atoms with Crippen molar-refractivity contribution < 1.29 is 9.90 Å². The van der Waals surface area contributed by atoms with Gasteiger partial charge >= 0.3 is 0 Å². The van der Waals surface area contributed by atoms with Gasteiger partial charge < -0.3 is 10.4 Å². The van der Waals surface area contributed by atoms with Crippen LogP contribution in [0.4, 0.5) is 0 Å². The first-order chi connectivity index (χ1) is 6.15. The van der Waals surface area contributed by atoms with Crippen LogP contribution in [0.3, 0.4) is 0 Å². The van der Waals surface area contributed by atoms with Crippen LogP contribution in [0.15, 0.2) is 0 Å². The average molecular weight is 185 g/mol. The van der Waals surface area contributed by atoms with E-state index in [1.54, 1.807) is 0 Å². The van der Waals surface area contributed by atoms with Crippen LogP contribution < -0.4 is 5.32 Å². The van der Waals surface area contributed by atoms with Gasteiger partial charge in [-0.15, -0.1) is 0 Å². The van der Waals surface area contributed by atoms with Crippen LogP contribution in [0.1, 0.15) is 26.7 Å². The number of aliphatic hydroxyl groups excluding tert-OH is 1. The van der Waals surface area contributed by atoms with Crippen LogP contribution in [0.2, 0.25) is 0 Å². The normalized spacial score (nSPS) is 20.8. The van der Waals surface area contributed by atoms with Gasteiger partial charge in [-0.1, -0.05) is 13.8 Å². The summed E-state index contributed by atoms with van der Waals surface area (Å²) in [6.07, 6.45) is 2.40. The van der Waals surface area contributed by atoms with E-state index in [0.717, 1.165) is 0 Å². The molecule has 2 atom stereocenters. The summed E-state index contributed by atoms with van der Waals surface area (Å²) in [5.74, 6) is 1.08. The highest BCUT2D eigenvalue weighted by atomic mass is 16.3. The lowest BCUT2D eigenvalue weighted by Crippen LogP contribution is -2.34. The van der Waals surface area contributed by atoms with Gasteiger partial charge in [-0.2, -0.15) is 0 Å². The molecule has 1 saturated carbocycles. The minimum atomic E-state index is 0.137. The Morgan fingerprint density at radius 2 is 2.15 bits per heavy atom. The largest absolute Gasteiger partial charge is 0.396 e. The van der Waals surface area contributed by atoms with Gasteiger partial charge in [0.1, 0.15) is 0 Å². The molecule has 3 nitrogen and oxygen atoms in total.